The number of benzene rings is 2. The van der Waals surface area contributed by atoms with Crippen molar-refractivity contribution in [3.05, 3.63) is 62.5 Å². The second-order valence-corrected chi connectivity index (χ2v) is 6.97. The zero-order chi connectivity index (χ0) is 13.9. The number of anilines is 1. The Morgan fingerprint density at radius 3 is 2.55 bits per heavy atom. The average Bonchev–Trinajstić information content (AvgIpc) is 2.47. The first-order valence-corrected chi connectivity index (χ1v) is 8.60. The standard InChI is InChI=1S/C17H17Br2N/c18-15-9-4-10-16(19)17(15)20-11-13-7-3-6-12-5-1-2-8-14(12)13/h1-2,4-5,8-10,13,20H,3,6-7,11H2. The summed E-state index contributed by atoms with van der Waals surface area (Å²) in [4.78, 5) is 0. The van der Waals surface area contributed by atoms with Gasteiger partial charge < -0.3 is 5.32 Å². The number of hydrogen-bond acceptors (Lipinski definition) is 1. The van der Waals surface area contributed by atoms with E-state index in [0.29, 0.717) is 5.92 Å². The van der Waals surface area contributed by atoms with Crippen molar-refractivity contribution in [2.45, 2.75) is 25.2 Å². The van der Waals surface area contributed by atoms with E-state index in [4.69, 9.17) is 0 Å². The minimum Gasteiger partial charge on any atom is -0.383 e. The summed E-state index contributed by atoms with van der Waals surface area (Å²) in [5.41, 5.74) is 4.20. The van der Waals surface area contributed by atoms with Gasteiger partial charge in [0.15, 0.2) is 0 Å². The number of fused-ring (bicyclic) bond motifs is 1. The summed E-state index contributed by atoms with van der Waals surface area (Å²) in [7, 11) is 0. The van der Waals surface area contributed by atoms with Gasteiger partial charge in [0.1, 0.15) is 0 Å². The highest BCUT2D eigenvalue weighted by molar-refractivity contribution is 9.11. The van der Waals surface area contributed by atoms with Crippen molar-refractivity contribution >= 4 is 37.5 Å². The molecular formula is C17H17Br2N. The zero-order valence-electron chi connectivity index (χ0n) is 11.2. The first-order chi connectivity index (χ1) is 9.75. The molecule has 0 aliphatic heterocycles. The molecule has 0 heterocycles. The fraction of sp³-hybridized carbons (Fsp3) is 0.294. The topological polar surface area (TPSA) is 12.0 Å². The first-order valence-electron chi connectivity index (χ1n) is 7.01. The molecule has 0 aromatic heterocycles. The molecule has 1 aliphatic carbocycles. The van der Waals surface area contributed by atoms with Crippen LogP contribution in [-0.4, -0.2) is 6.54 Å². The van der Waals surface area contributed by atoms with Crippen LogP contribution in [-0.2, 0) is 6.42 Å². The molecular weight excluding hydrogens is 378 g/mol. The molecule has 0 fully saturated rings. The molecule has 0 saturated heterocycles. The van der Waals surface area contributed by atoms with Crippen LogP contribution in [0.1, 0.15) is 29.9 Å². The predicted octanol–water partition coefficient (Wildman–Crippen LogP) is 5.74. The molecule has 20 heavy (non-hydrogen) atoms. The number of halogens is 2. The molecule has 1 atom stereocenters. The van der Waals surface area contributed by atoms with E-state index < -0.39 is 0 Å². The number of aryl methyl sites for hydroxylation is 1. The predicted molar refractivity (Wildman–Crippen MR) is 92.5 cm³/mol. The molecule has 3 rings (SSSR count). The van der Waals surface area contributed by atoms with E-state index in [1.807, 2.05) is 6.07 Å². The van der Waals surface area contributed by atoms with E-state index in [-0.39, 0.29) is 0 Å². The highest BCUT2D eigenvalue weighted by atomic mass is 79.9. The fourth-order valence-corrected chi connectivity index (χ4v) is 4.24. The van der Waals surface area contributed by atoms with Gasteiger partial charge in [0.05, 0.1) is 5.69 Å². The molecule has 1 nitrogen and oxygen atoms in total. The maximum Gasteiger partial charge on any atom is 0.0629 e. The lowest BCUT2D eigenvalue weighted by Gasteiger charge is -2.26. The molecule has 0 amide bonds. The first kappa shape index (κ1) is 14.2. The van der Waals surface area contributed by atoms with E-state index in [2.05, 4.69) is 73.6 Å². The number of para-hydroxylation sites is 1. The minimum atomic E-state index is 0.610. The normalized spacial score (nSPS) is 17.6. The van der Waals surface area contributed by atoms with E-state index in [1.54, 1.807) is 0 Å². The summed E-state index contributed by atoms with van der Waals surface area (Å²) < 4.78 is 2.21. The van der Waals surface area contributed by atoms with Crippen LogP contribution in [0.15, 0.2) is 51.4 Å². The van der Waals surface area contributed by atoms with Gasteiger partial charge in [0.2, 0.25) is 0 Å². The second kappa shape index (κ2) is 6.31. The highest BCUT2D eigenvalue weighted by Crippen LogP contribution is 2.34. The van der Waals surface area contributed by atoms with E-state index >= 15 is 0 Å². The van der Waals surface area contributed by atoms with Crippen molar-refractivity contribution in [2.24, 2.45) is 0 Å². The molecule has 2 aromatic carbocycles. The molecule has 0 saturated carbocycles. The maximum absolute atomic E-state index is 3.61. The van der Waals surface area contributed by atoms with Crippen LogP contribution in [0.4, 0.5) is 5.69 Å². The van der Waals surface area contributed by atoms with E-state index in [0.717, 1.165) is 21.2 Å². The lowest BCUT2D eigenvalue weighted by molar-refractivity contribution is 0.571. The summed E-state index contributed by atoms with van der Waals surface area (Å²) in [5.74, 6) is 0.610. The Kier molecular flexibility index (Phi) is 4.47. The van der Waals surface area contributed by atoms with Gasteiger partial charge in [-0.1, -0.05) is 30.3 Å². The molecule has 3 heteroatoms. The SMILES string of the molecule is Brc1cccc(Br)c1NCC1CCCc2ccccc21. The molecule has 0 radical (unpaired) electrons. The highest BCUT2D eigenvalue weighted by Gasteiger charge is 2.19. The number of hydrogen-bond donors (Lipinski definition) is 1. The summed E-state index contributed by atoms with van der Waals surface area (Å²) in [6.45, 7) is 0.984. The Balaban J connectivity index is 1.77. The fourth-order valence-electron chi connectivity index (χ4n) is 2.96. The molecule has 1 N–H and O–H groups in total. The molecule has 0 bridgehead atoms. The monoisotopic (exact) mass is 393 g/mol. The minimum absolute atomic E-state index is 0.610. The van der Waals surface area contributed by atoms with Crippen molar-refractivity contribution in [1.82, 2.24) is 0 Å². The van der Waals surface area contributed by atoms with Gasteiger partial charge >= 0.3 is 0 Å². The molecule has 0 spiro atoms. The largest absolute Gasteiger partial charge is 0.383 e. The third-order valence-corrected chi connectivity index (χ3v) is 5.30. The summed E-state index contributed by atoms with van der Waals surface area (Å²) in [6.07, 6.45) is 3.79. The van der Waals surface area contributed by atoms with Gasteiger partial charge in [-0.05, 0) is 74.4 Å². The Morgan fingerprint density at radius 1 is 1.00 bits per heavy atom. The van der Waals surface area contributed by atoms with Gasteiger partial charge in [-0.2, -0.15) is 0 Å². The van der Waals surface area contributed by atoms with E-state index in [9.17, 15) is 0 Å². The summed E-state index contributed by atoms with van der Waals surface area (Å²) in [6, 6.07) is 15.1. The second-order valence-electron chi connectivity index (χ2n) is 5.27. The Bertz CT molecular complexity index is 589. The molecule has 1 aliphatic rings. The van der Waals surface area contributed by atoms with Gasteiger partial charge in [-0.25, -0.2) is 0 Å². The lowest BCUT2D eigenvalue weighted by atomic mass is 9.83. The van der Waals surface area contributed by atoms with Crippen molar-refractivity contribution in [3.63, 3.8) is 0 Å². The maximum atomic E-state index is 3.61. The van der Waals surface area contributed by atoms with Crippen LogP contribution in [0.25, 0.3) is 0 Å². The Labute approximate surface area is 137 Å². The van der Waals surface area contributed by atoms with Crippen LogP contribution in [0.2, 0.25) is 0 Å². The summed E-state index contributed by atoms with van der Waals surface area (Å²) in [5, 5.41) is 3.60. The third kappa shape index (κ3) is 2.94. The Morgan fingerprint density at radius 2 is 1.75 bits per heavy atom. The summed E-state index contributed by atoms with van der Waals surface area (Å²) >= 11 is 7.22. The quantitative estimate of drug-likeness (QED) is 0.699. The van der Waals surface area contributed by atoms with Gasteiger partial charge in [0.25, 0.3) is 0 Å². The van der Waals surface area contributed by atoms with E-state index in [1.165, 1.54) is 30.4 Å². The molecule has 104 valence electrons. The molecule has 2 aromatic rings. The van der Waals surface area contributed by atoms with Crippen LogP contribution in [0.5, 0.6) is 0 Å². The van der Waals surface area contributed by atoms with Crippen LogP contribution in [0.3, 0.4) is 0 Å². The third-order valence-electron chi connectivity index (χ3n) is 3.98. The van der Waals surface area contributed by atoms with Crippen molar-refractivity contribution in [3.8, 4) is 0 Å². The number of rotatable bonds is 3. The lowest BCUT2D eigenvalue weighted by Crippen LogP contribution is -2.18. The average molecular weight is 395 g/mol. The molecule has 1 unspecified atom stereocenters. The number of nitrogens with one attached hydrogen (secondary N) is 1. The smallest absolute Gasteiger partial charge is 0.0629 e. The van der Waals surface area contributed by atoms with Crippen LogP contribution in [0, 0.1) is 0 Å². The van der Waals surface area contributed by atoms with Gasteiger partial charge in [-0.15, -0.1) is 0 Å². The Hall–Kier alpha value is -0.800. The van der Waals surface area contributed by atoms with Crippen LogP contribution < -0.4 is 5.32 Å². The van der Waals surface area contributed by atoms with Crippen molar-refractivity contribution < 1.29 is 0 Å². The van der Waals surface area contributed by atoms with Crippen LogP contribution >= 0.6 is 31.9 Å². The van der Waals surface area contributed by atoms with Gasteiger partial charge in [0, 0.05) is 21.4 Å². The van der Waals surface area contributed by atoms with Crippen molar-refractivity contribution in [1.29, 1.82) is 0 Å². The zero-order valence-corrected chi connectivity index (χ0v) is 14.4. The van der Waals surface area contributed by atoms with Crippen molar-refractivity contribution in [2.75, 3.05) is 11.9 Å². The van der Waals surface area contributed by atoms with Gasteiger partial charge in [-0.3, -0.25) is 0 Å².